The first-order valence-corrected chi connectivity index (χ1v) is 19.0. The summed E-state index contributed by atoms with van der Waals surface area (Å²) < 4.78 is 0. The van der Waals surface area contributed by atoms with Gasteiger partial charge in [-0.25, -0.2) is 4.79 Å². The van der Waals surface area contributed by atoms with Gasteiger partial charge < -0.3 is 43.2 Å². The topological polar surface area (TPSA) is 235 Å². The van der Waals surface area contributed by atoms with Crippen molar-refractivity contribution >= 4 is 47.3 Å². The van der Waals surface area contributed by atoms with Gasteiger partial charge in [-0.3, -0.25) is 24.0 Å². The number of aliphatic carboxylic acids is 1. The molecule has 7 atom stereocenters. The van der Waals surface area contributed by atoms with Crippen LogP contribution in [0.1, 0.15) is 100 Å². The largest absolute Gasteiger partial charge is 0.480 e. The molecule has 0 heterocycles. The molecule has 0 aromatic carbocycles. The van der Waals surface area contributed by atoms with Crippen LogP contribution in [0.5, 0.6) is 0 Å². The van der Waals surface area contributed by atoms with Gasteiger partial charge in [-0.2, -0.15) is 11.8 Å². The number of carboxylic acids is 1. The maximum atomic E-state index is 13.8. The molecule has 0 aliphatic heterocycles. The summed E-state index contributed by atoms with van der Waals surface area (Å²) in [5, 5.41) is 23.2. The van der Waals surface area contributed by atoms with Gasteiger partial charge in [-0.05, 0) is 80.7 Å². The highest BCUT2D eigenvalue weighted by molar-refractivity contribution is 7.98. The molecule has 0 aliphatic rings. The van der Waals surface area contributed by atoms with Gasteiger partial charge in [0.1, 0.15) is 30.2 Å². The third kappa shape index (κ3) is 18.1. The zero-order valence-corrected chi connectivity index (χ0v) is 31.9. The molecule has 0 fully saturated rings. The lowest BCUT2D eigenvalue weighted by Gasteiger charge is -2.30. The van der Waals surface area contributed by atoms with Crippen LogP contribution in [0.2, 0.25) is 0 Å². The Hall–Kier alpha value is -2.91. The zero-order valence-electron chi connectivity index (χ0n) is 31.1. The molecule has 49 heavy (non-hydrogen) atoms. The molecule has 0 radical (unpaired) electrons. The lowest BCUT2D eigenvalue weighted by molar-refractivity contribution is -0.144. The van der Waals surface area contributed by atoms with E-state index in [-0.39, 0.29) is 36.5 Å². The smallest absolute Gasteiger partial charge is 0.326 e. The Kier molecular flexibility index (Phi) is 22.8. The van der Waals surface area contributed by atoms with E-state index in [1.807, 2.05) is 40.9 Å². The molecule has 0 aromatic heterocycles. The standard InChI is InChI=1S/C34H65N7O7S/c1-10-22(8)28(33(46)40-27(21(6)7)34(47)48)41-32(45)26(18-20(4)5)39-30(43)24(13-11-12-15-35)37-31(44)25(17-19(2)3)38-29(42)23(36)14-16-49-9/h19-28H,10-18,35-36H2,1-9H3,(H,37,44)(H,38,42)(H,39,43)(H,40,46)(H,41,45)(H,47,48)/t22-,23-,24-,25-,26-,27-,28-/m0/s1. The average Bonchev–Trinajstić information content (AvgIpc) is 3.02. The second kappa shape index (κ2) is 24.3. The maximum absolute atomic E-state index is 13.8. The molecule has 0 saturated heterocycles. The van der Waals surface area contributed by atoms with Crippen LogP contribution in [-0.2, 0) is 28.8 Å². The van der Waals surface area contributed by atoms with Gasteiger partial charge in [0.2, 0.25) is 29.5 Å². The first-order valence-electron chi connectivity index (χ1n) is 17.6. The molecule has 14 nitrogen and oxygen atoms in total. The van der Waals surface area contributed by atoms with E-state index in [0.29, 0.717) is 44.4 Å². The molecule has 15 heteroatoms. The number of rotatable bonds is 25. The molecule has 0 saturated carbocycles. The molecule has 0 aromatic rings. The van der Waals surface area contributed by atoms with E-state index in [0.717, 1.165) is 0 Å². The summed E-state index contributed by atoms with van der Waals surface area (Å²) in [5.74, 6) is -4.02. The molecule has 0 rings (SSSR count). The quantitative estimate of drug-likeness (QED) is 0.0635. The van der Waals surface area contributed by atoms with Crippen molar-refractivity contribution in [3.8, 4) is 0 Å². The summed E-state index contributed by atoms with van der Waals surface area (Å²) in [6.45, 7) is 15.0. The predicted molar refractivity (Wildman–Crippen MR) is 194 cm³/mol. The van der Waals surface area contributed by atoms with Crippen LogP contribution >= 0.6 is 11.8 Å². The van der Waals surface area contributed by atoms with Crippen molar-refractivity contribution < 1.29 is 33.9 Å². The van der Waals surface area contributed by atoms with Crippen LogP contribution in [0.15, 0.2) is 0 Å². The molecule has 0 unspecified atom stereocenters. The minimum absolute atomic E-state index is 0.0320. The monoisotopic (exact) mass is 715 g/mol. The van der Waals surface area contributed by atoms with Crippen LogP contribution in [0.25, 0.3) is 0 Å². The number of carbonyl (C=O) groups excluding carboxylic acids is 5. The van der Waals surface area contributed by atoms with Crippen LogP contribution in [-0.4, -0.2) is 95.4 Å². The fraction of sp³-hybridized carbons (Fsp3) is 0.824. The van der Waals surface area contributed by atoms with E-state index in [4.69, 9.17) is 11.5 Å². The number of nitrogens with one attached hydrogen (secondary N) is 5. The van der Waals surface area contributed by atoms with Crippen LogP contribution < -0.4 is 38.1 Å². The normalized spacial score (nSPS) is 15.8. The third-order valence-corrected chi connectivity index (χ3v) is 8.90. The number of carbonyl (C=O) groups is 6. The Balaban J connectivity index is 6.17. The molecule has 284 valence electrons. The summed E-state index contributed by atoms with van der Waals surface area (Å²) in [6, 6.07) is -5.99. The second-order valence-electron chi connectivity index (χ2n) is 14.1. The van der Waals surface area contributed by atoms with Crippen molar-refractivity contribution in [1.82, 2.24) is 26.6 Å². The zero-order chi connectivity index (χ0) is 37.8. The van der Waals surface area contributed by atoms with E-state index in [2.05, 4.69) is 26.6 Å². The molecule has 0 aliphatic carbocycles. The lowest BCUT2D eigenvalue weighted by atomic mass is 9.95. The van der Waals surface area contributed by atoms with Gasteiger partial charge >= 0.3 is 5.97 Å². The summed E-state index contributed by atoms with van der Waals surface area (Å²) in [6.07, 6.45) is 4.80. The van der Waals surface area contributed by atoms with Crippen molar-refractivity contribution in [2.75, 3.05) is 18.6 Å². The number of hydrogen-bond donors (Lipinski definition) is 8. The highest BCUT2D eigenvalue weighted by Gasteiger charge is 2.35. The molecular formula is C34H65N7O7S. The molecule has 0 bridgehead atoms. The maximum Gasteiger partial charge on any atom is 0.326 e. The summed E-state index contributed by atoms with van der Waals surface area (Å²) in [4.78, 5) is 78.9. The first-order chi connectivity index (χ1) is 22.9. The highest BCUT2D eigenvalue weighted by atomic mass is 32.2. The average molecular weight is 716 g/mol. The highest BCUT2D eigenvalue weighted by Crippen LogP contribution is 2.14. The van der Waals surface area contributed by atoms with Crippen molar-refractivity contribution in [2.24, 2.45) is 35.1 Å². The van der Waals surface area contributed by atoms with Crippen LogP contribution in [0, 0.1) is 23.7 Å². The molecule has 10 N–H and O–H groups in total. The number of hydrogen-bond acceptors (Lipinski definition) is 9. The minimum atomic E-state index is -1.18. The van der Waals surface area contributed by atoms with E-state index >= 15 is 0 Å². The Morgan fingerprint density at radius 3 is 1.57 bits per heavy atom. The Bertz CT molecular complexity index is 1060. The Morgan fingerprint density at radius 1 is 0.653 bits per heavy atom. The third-order valence-electron chi connectivity index (χ3n) is 8.25. The van der Waals surface area contributed by atoms with Crippen LogP contribution in [0.3, 0.4) is 0 Å². The first kappa shape index (κ1) is 46.1. The van der Waals surface area contributed by atoms with Gasteiger partial charge in [0.05, 0.1) is 6.04 Å². The summed E-state index contributed by atoms with van der Waals surface area (Å²) >= 11 is 1.56. The molecular weight excluding hydrogens is 650 g/mol. The van der Waals surface area contributed by atoms with Gasteiger partial charge in [-0.15, -0.1) is 0 Å². The summed E-state index contributed by atoms with van der Waals surface area (Å²) in [7, 11) is 0. The van der Waals surface area contributed by atoms with Gasteiger partial charge in [0.25, 0.3) is 0 Å². The number of carboxylic acid groups (broad SMARTS) is 1. The van der Waals surface area contributed by atoms with E-state index in [1.54, 1.807) is 32.5 Å². The molecule has 5 amide bonds. The van der Waals surface area contributed by atoms with Gasteiger partial charge in [-0.1, -0.05) is 61.8 Å². The minimum Gasteiger partial charge on any atom is -0.480 e. The van der Waals surface area contributed by atoms with Crippen molar-refractivity contribution in [2.45, 2.75) is 137 Å². The summed E-state index contributed by atoms with van der Waals surface area (Å²) in [5.41, 5.74) is 11.7. The van der Waals surface area contributed by atoms with E-state index in [1.165, 1.54) is 0 Å². The Labute approximate surface area is 297 Å². The Morgan fingerprint density at radius 2 is 1.12 bits per heavy atom. The van der Waals surface area contributed by atoms with Crippen molar-refractivity contribution in [3.63, 3.8) is 0 Å². The van der Waals surface area contributed by atoms with Crippen LogP contribution in [0.4, 0.5) is 0 Å². The van der Waals surface area contributed by atoms with E-state index in [9.17, 15) is 33.9 Å². The number of nitrogens with two attached hydrogens (primary N) is 2. The SMILES string of the molecule is CC[C@H](C)[C@H](NC(=O)[C@H](CC(C)C)NC(=O)[C@H](CCCCN)NC(=O)[C@H](CC(C)C)NC(=O)[C@@H](N)CCSC)C(=O)N[C@H](C(=O)O)C(C)C. The number of amides is 5. The number of unbranched alkanes of at least 4 members (excludes halogenated alkanes) is 1. The number of thioether (sulfide) groups is 1. The lowest BCUT2D eigenvalue weighted by Crippen LogP contribution is -2.60. The van der Waals surface area contributed by atoms with Gasteiger partial charge in [0, 0.05) is 0 Å². The fourth-order valence-corrected chi connectivity index (χ4v) is 5.57. The fourth-order valence-electron chi connectivity index (χ4n) is 5.08. The second-order valence-corrected chi connectivity index (χ2v) is 15.0. The predicted octanol–water partition coefficient (Wildman–Crippen LogP) is 1.50. The van der Waals surface area contributed by atoms with Gasteiger partial charge in [0.15, 0.2) is 0 Å². The molecule has 0 spiro atoms. The van der Waals surface area contributed by atoms with Crippen molar-refractivity contribution in [1.29, 1.82) is 0 Å². The van der Waals surface area contributed by atoms with Crippen molar-refractivity contribution in [3.05, 3.63) is 0 Å². The van der Waals surface area contributed by atoms with E-state index < -0.39 is 71.8 Å².